The predicted molar refractivity (Wildman–Crippen MR) is 51.7 cm³/mol. The van der Waals surface area contributed by atoms with Crippen molar-refractivity contribution in [2.45, 2.75) is 25.9 Å². The highest BCUT2D eigenvalue weighted by molar-refractivity contribution is 4.85. The topological polar surface area (TPSA) is 54.2 Å². The number of likely N-dealkylation sites (N-methyl/N-ethyl adjacent to an activating group) is 1. The Morgan fingerprint density at radius 2 is 2.64 bits per heavy atom. The van der Waals surface area contributed by atoms with Gasteiger partial charge in [0.2, 0.25) is 6.39 Å². The highest BCUT2D eigenvalue weighted by Gasteiger charge is 2.21. The summed E-state index contributed by atoms with van der Waals surface area (Å²) in [6.07, 6.45) is 2.60. The summed E-state index contributed by atoms with van der Waals surface area (Å²) in [6, 6.07) is 0.624. The molecule has 1 aliphatic heterocycles. The van der Waals surface area contributed by atoms with E-state index in [1.165, 1.54) is 12.8 Å². The summed E-state index contributed by atoms with van der Waals surface area (Å²) >= 11 is 0. The van der Waals surface area contributed by atoms with Crippen LogP contribution >= 0.6 is 0 Å². The molecule has 0 aliphatic carbocycles. The predicted octanol–water partition coefficient (Wildman–Crippen LogP) is 0.253. The molecule has 0 radical (unpaired) electrons. The summed E-state index contributed by atoms with van der Waals surface area (Å²) in [5, 5.41) is 7.19. The van der Waals surface area contributed by atoms with E-state index in [0.717, 1.165) is 32.0 Å². The van der Waals surface area contributed by atoms with Gasteiger partial charge in [-0.25, -0.2) is 0 Å². The number of hydrogen-bond acceptors (Lipinski definition) is 5. The second-order valence-corrected chi connectivity index (χ2v) is 3.56. The normalized spacial score (nSPS) is 22.0. The van der Waals surface area contributed by atoms with Crippen molar-refractivity contribution < 1.29 is 4.52 Å². The smallest absolute Gasteiger partial charge is 0.213 e. The fourth-order valence-electron chi connectivity index (χ4n) is 1.89. The first kappa shape index (κ1) is 9.61. The van der Waals surface area contributed by atoms with Gasteiger partial charge in [0.15, 0.2) is 5.82 Å². The zero-order valence-corrected chi connectivity index (χ0v) is 8.44. The van der Waals surface area contributed by atoms with Crippen molar-refractivity contribution in [1.82, 2.24) is 20.4 Å². The standard InChI is InChI=1S/C9H16N4O/c1-2-13(8-3-4-10-5-8)6-9-11-7-14-12-9/h7-8,10H,2-6H2,1H3. The molecule has 5 nitrogen and oxygen atoms in total. The molecule has 1 aliphatic rings. The lowest BCUT2D eigenvalue weighted by Crippen LogP contribution is -2.36. The van der Waals surface area contributed by atoms with Gasteiger partial charge in [0, 0.05) is 12.6 Å². The Labute approximate surface area is 83.5 Å². The molecular formula is C9H16N4O. The molecule has 0 saturated carbocycles. The second-order valence-electron chi connectivity index (χ2n) is 3.56. The van der Waals surface area contributed by atoms with Crippen LogP contribution in [0.15, 0.2) is 10.9 Å². The lowest BCUT2D eigenvalue weighted by Gasteiger charge is -2.25. The molecule has 1 saturated heterocycles. The fourth-order valence-corrected chi connectivity index (χ4v) is 1.89. The van der Waals surface area contributed by atoms with Crippen LogP contribution in [0.2, 0.25) is 0 Å². The molecule has 5 heteroatoms. The van der Waals surface area contributed by atoms with E-state index >= 15 is 0 Å². The van der Waals surface area contributed by atoms with Crippen LogP contribution in [-0.2, 0) is 6.54 Å². The molecule has 0 spiro atoms. The molecule has 2 heterocycles. The Morgan fingerprint density at radius 3 is 3.21 bits per heavy atom. The number of hydrogen-bond donors (Lipinski definition) is 1. The van der Waals surface area contributed by atoms with Crippen LogP contribution in [0.3, 0.4) is 0 Å². The van der Waals surface area contributed by atoms with E-state index in [1.54, 1.807) is 0 Å². The first-order chi connectivity index (χ1) is 6.90. The summed E-state index contributed by atoms with van der Waals surface area (Å²) < 4.78 is 4.72. The van der Waals surface area contributed by atoms with E-state index < -0.39 is 0 Å². The van der Waals surface area contributed by atoms with E-state index in [0.29, 0.717) is 6.04 Å². The van der Waals surface area contributed by atoms with Gasteiger partial charge >= 0.3 is 0 Å². The third kappa shape index (κ3) is 2.10. The van der Waals surface area contributed by atoms with Gasteiger partial charge in [0.25, 0.3) is 0 Å². The molecular weight excluding hydrogens is 180 g/mol. The first-order valence-corrected chi connectivity index (χ1v) is 5.10. The summed E-state index contributed by atoms with van der Waals surface area (Å²) in [7, 11) is 0. The van der Waals surface area contributed by atoms with Gasteiger partial charge in [-0.15, -0.1) is 0 Å². The zero-order valence-electron chi connectivity index (χ0n) is 8.44. The highest BCUT2D eigenvalue weighted by atomic mass is 16.5. The SMILES string of the molecule is CCN(Cc1ncon1)C1CCNC1. The summed E-state index contributed by atoms with van der Waals surface area (Å²) in [5.74, 6) is 0.777. The van der Waals surface area contributed by atoms with Crippen molar-refractivity contribution in [2.75, 3.05) is 19.6 Å². The second kappa shape index (κ2) is 4.52. The summed E-state index contributed by atoms with van der Waals surface area (Å²) in [4.78, 5) is 6.42. The molecule has 1 aromatic heterocycles. The summed E-state index contributed by atoms with van der Waals surface area (Å²) in [6.45, 7) is 6.18. The molecule has 2 rings (SSSR count). The lowest BCUT2D eigenvalue weighted by atomic mass is 10.2. The average molecular weight is 196 g/mol. The molecule has 1 fully saturated rings. The summed E-state index contributed by atoms with van der Waals surface area (Å²) in [5.41, 5.74) is 0. The van der Waals surface area contributed by atoms with E-state index in [-0.39, 0.29) is 0 Å². The van der Waals surface area contributed by atoms with E-state index in [4.69, 9.17) is 4.52 Å². The minimum Gasteiger partial charge on any atom is -0.343 e. The van der Waals surface area contributed by atoms with Crippen LogP contribution in [0.5, 0.6) is 0 Å². The van der Waals surface area contributed by atoms with Crippen LogP contribution in [0.4, 0.5) is 0 Å². The molecule has 0 bridgehead atoms. The number of nitrogens with zero attached hydrogens (tertiary/aromatic N) is 3. The Bertz CT molecular complexity index is 256. The monoisotopic (exact) mass is 196 g/mol. The van der Waals surface area contributed by atoms with E-state index in [9.17, 15) is 0 Å². The Kier molecular flexibility index (Phi) is 3.10. The third-order valence-corrected chi connectivity index (χ3v) is 2.71. The van der Waals surface area contributed by atoms with E-state index in [1.807, 2.05) is 0 Å². The van der Waals surface area contributed by atoms with Gasteiger partial charge < -0.3 is 9.84 Å². The number of aromatic nitrogens is 2. The van der Waals surface area contributed by atoms with Crippen molar-refractivity contribution in [3.05, 3.63) is 12.2 Å². The Hall–Kier alpha value is -0.940. The van der Waals surface area contributed by atoms with Crippen LogP contribution in [0.1, 0.15) is 19.2 Å². The van der Waals surface area contributed by atoms with Crippen LogP contribution in [0, 0.1) is 0 Å². The highest BCUT2D eigenvalue weighted by Crippen LogP contribution is 2.10. The third-order valence-electron chi connectivity index (χ3n) is 2.71. The molecule has 14 heavy (non-hydrogen) atoms. The van der Waals surface area contributed by atoms with Gasteiger partial charge in [-0.2, -0.15) is 4.98 Å². The number of rotatable bonds is 4. The van der Waals surface area contributed by atoms with Gasteiger partial charge in [0.1, 0.15) is 0 Å². The molecule has 0 amide bonds. The van der Waals surface area contributed by atoms with Crippen molar-refractivity contribution in [3.8, 4) is 0 Å². The largest absolute Gasteiger partial charge is 0.343 e. The van der Waals surface area contributed by atoms with Gasteiger partial charge in [-0.3, -0.25) is 4.90 Å². The van der Waals surface area contributed by atoms with Crippen LogP contribution in [0.25, 0.3) is 0 Å². The van der Waals surface area contributed by atoms with Gasteiger partial charge in [-0.05, 0) is 19.5 Å². The molecule has 78 valence electrons. The quantitative estimate of drug-likeness (QED) is 0.748. The van der Waals surface area contributed by atoms with E-state index in [2.05, 4.69) is 27.3 Å². The average Bonchev–Trinajstić information content (AvgIpc) is 2.86. The van der Waals surface area contributed by atoms with Crippen LogP contribution in [-0.4, -0.2) is 40.7 Å². The minimum atomic E-state index is 0.624. The lowest BCUT2D eigenvalue weighted by molar-refractivity contribution is 0.202. The molecule has 1 unspecified atom stereocenters. The van der Waals surface area contributed by atoms with Crippen molar-refractivity contribution in [1.29, 1.82) is 0 Å². The first-order valence-electron chi connectivity index (χ1n) is 5.10. The number of nitrogens with one attached hydrogen (secondary N) is 1. The molecule has 1 N–H and O–H groups in total. The Morgan fingerprint density at radius 1 is 1.71 bits per heavy atom. The minimum absolute atomic E-state index is 0.624. The maximum atomic E-state index is 4.72. The maximum Gasteiger partial charge on any atom is 0.213 e. The van der Waals surface area contributed by atoms with Gasteiger partial charge in [-0.1, -0.05) is 12.1 Å². The molecule has 1 atom stereocenters. The van der Waals surface area contributed by atoms with Crippen molar-refractivity contribution in [2.24, 2.45) is 0 Å². The van der Waals surface area contributed by atoms with Gasteiger partial charge in [0.05, 0.1) is 6.54 Å². The van der Waals surface area contributed by atoms with Crippen molar-refractivity contribution >= 4 is 0 Å². The molecule has 1 aromatic rings. The maximum absolute atomic E-state index is 4.72. The van der Waals surface area contributed by atoms with Crippen LogP contribution < -0.4 is 5.32 Å². The van der Waals surface area contributed by atoms with Crippen molar-refractivity contribution in [3.63, 3.8) is 0 Å². The molecule has 0 aromatic carbocycles. The zero-order chi connectivity index (χ0) is 9.80. The fraction of sp³-hybridized carbons (Fsp3) is 0.778. The Balaban J connectivity index is 1.92.